The number of aromatic nitrogens is 2. The molecule has 21 heavy (non-hydrogen) atoms. The molecule has 1 fully saturated rings. The summed E-state index contributed by atoms with van der Waals surface area (Å²) in [6, 6.07) is 0. The van der Waals surface area contributed by atoms with E-state index < -0.39 is 16.8 Å². The van der Waals surface area contributed by atoms with Crippen molar-refractivity contribution in [2.45, 2.75) is 33.7 Å². The third-order valence-electron chi connectivity index (χ3n) is 3.99. The number of anilines is 1. The predicted octanol–water partition coefficient (Wildman–Crippen LogP) is 1.67. The van der Waals surface area contributed by atoms with Gasteiger partial charge in [0.25, 0.3) is 0 Å². The lowest BCUT2D eigenvalue weighted by Crippen LogP contribution is -2.52. The molecule has 0 spiro atoms. The third-order valence-corrected chi connectivity index (χ3v) is 3.99. The second kappa shape index (κ2) is 5.71. The SMILES string of the molecule is CCCn1nc(C)c([N+](=O)[O-])c1N1CC(C(C)C(=O)O)C1. The highest BCUT2D eigenvalue weighted by molar-refractivity contribution is 5.71. The first-order valence-corrected chi connectivity index (χ1v) is 7.06. The molecule has 0 bridgehead atoms. The molecule has 1 saturated heterocycles. The predicted molar refractivity (Wildman–Crippen MR) is 76.4 cm³/mol. The van der Waals surface area contributed by atoms with Crippen molar-refractivity contribution in [3.8, 4) is 0 Å². The Morgan fingerprint density at radius 3 is 2.67 bits per heavy atom. The van der Waals surface area contributed by atoms with Gasteiger partial charge in [0.2, 0.25) is 5.82 Å². The number of nitrogens with zero attached hydrogens (tertiary/aromatic N) is 4. The molecule has 8 heteroatoms. The van der Waals surface area contributed by atoms with Gasteiger partial charge in [0.15, 0.2) is 0 Å². The number of nitro groups is 1. The molecule has 2 heterocycles. The van der Waals surface area contributed by atoms with E-state index >= 15 is 0 Å². The summed E-state index contributed by atoms with van der Waals surface area (Å²) in [5.41, 5.74) is 0.433. The Labute approximate surface area is 122 Å². The van der Waals surface area contributed by atoms with Gasteiger partial charge in [0, 0.05) is 25.6 Å². The number of carboxylic acids is 1. The minimum Gasteiger partial charge on any atom is -0.481 e. The molecule has 8 nitrogen and oxygen atoms in total. The number of rotatable bonds is 6. The summed E-state index contributed by atoms with van der Waals surface area (Å²) in [6.07, 6.45) is 0.827. The zero-order chi connectivity index (χ0) is 15.7. The van der Waals surface area contributed by atoms with Crippen molar-refractivity contribution in [2.24, 2.45) is 11.8 Å². The molecule has 1 aromatic rings. The maximum absolute atomic E-state index is 11.3. The maximum atomic E-state index is 11.3. The first-order valence-electron chi connectivity index (χ1n) is 7.06. The standard InChI is InChI=1S/C13H20N4O4/c1-4-5-16-12(11(17(20)21)9(3)14-16)15-6-10(7-15)8(2)13(18)19/h8,10H,4-7H2,1-3H3,(H,18,19). The summed E-state index contributed by atoms with van der Waals surface area (Å²) in [7, 11) is 0. The Morgan fingerprint density at radius 1 is 1.57 bits per heavy atom. The summed E-state index contributed by atoms with van der Waals surface area (Å²) in [5.74, 6) is -0.739. The number of hydrogen-bond acceptors (Lipinski definition) is 5. The van der Waals surface area contributed by atoms with Gasteiger partial charge >= 0.3 is 11.7 Å². The van der Waals surface area contributed by atoms with Crippen molar-refractivity contribution >= 4 is 17.5 Å². The largest absolute Gasteiger partial charge is 0.481 e. The van der Waals surface area contributed by atoms with Crippen LogP contribution >= 0.6 is 0 Å². The van der Waals surface area contributed by atoms with E-state index in [0.29, 0.717) is 31.1 Å². The van der Waals surface area contributed by atoms with Crippen molar-refractivity contribution in [2.75, 3.05) is 18.0 Å². The topological polar surface area (TPSA) is 101 Å². The third kappa shape index (κ3) is 2.70. The molecule has 2 rings (SSSR count). The summed E-state index contributed by atoms with van der Waals surface area (Å²) < 4.78 is 1.66. The Balaban J connectivity index is 2.24. The summed E-state index contributed by atoms with van der Waals surface area (Å²) in [5, 5.41) is 24.5. The molecule has 1 aliphatic heterocycles. The normalized spacial score (nSPS) is 16.6. The molecule has 1 N–H and O–H groups in total. The van der Waals surface area contributed by atoms with Crippen molar-refractivity contribution in [3.63, 3.8) is 0 Å². The van der Waals surface area contributed by atoms with Gasteiger partial charge in [-0.25, -0.2) is 4.68 Å². The van der Waals surface area contributed by atoms with Gasteiger partial charge in [0.05, 0.1) is 10.8 Å². The van der Waals surface area contributed by atoms with Crippen LogP contribution in [-0.4, -0.2) is 38.9 Å². The molecule has 0 amide bonds. The average Bonchev–Trinajstić information content (AvgIpc) is 2.64. The maximum Gasteiger partial charge on any atom is 0.333 e. The van der Waals surface area contributed by atoms with Crippen LogP contribution in [0.3, 0.4) is 0 Å². The van der Waals surface area contributed by atoms with Gasteiger partial charge < -0.3 is 10.0 Å². The molecule has 1 aromatic heterocycles. The van der Waals surface area contributed by atoms with E-state index in [1.165, 1.54) is 0 Å². The van der Waals surface area contributed by atoms with E-state index in [9.17, 15) is 14.9 Å². The van der Waals surface area contributed by atoms with E-state index in [1.54, 1.807) is 18.5 Å². The Morgan fingerprint density at radius 2 is 2.19 bits per heavy atom. The fraction of sp³-hybridized carbons (Fsp3) is 0.692. The van der Waals surface area contributed by atoms with Gasteiger partial charge in [-0.3, -0.25) is 14.9 Å². The van der Waals surface area contributed by atoms with E-state index in [2.05, 4.69) is 5.10 Å². The van der Waals surface area contributed by atoms with Crippen LogP contribution in [0.5, 0.6) is 0 Å². The first kappa shape index (κ1) is 15.3. The lowest BCUT2D eigenvalue weighted by atomic mass is 9.87. The number of hydrogen-bond donors (Lipinski definition) is 1. The van der Waals surface area contributed by atoms with Crippen molar-refractivity contribution in [1.29, 1.82) is 0 Å². The fourth-order valence-corrected chi connectivity index (χ4v) is 2.66. The zero-order valence-corrected chi connectivity index (χ0v) is 12.4. The van der Waals surface area contributed by atoms with Crippen LogP contribution in [0.1, 0.15) is 26.0 Å². The molecule has 1 aliphatic rings. The Hall–Kier alpha value is -2.12. The van der Waals surface area contributed by atoms with Gasteiger partial charge in [0.1, 0.15) is 5.69 Å². The smallest absolute Gasteiger partial charge is 0.333 e. The van der Waals surface area contributed by atoms with E-state index in [0.717, 1.165) is 6.42 Å². The molecule has 0 radical (unpaired) electrons. The van der Waals surface area contributed by atoms with Crippen LogP contribution in [0.15, 0.2) is 0 Å². The fourth-order valence-electron chi connectivity index (χ4n) is 2.66. The van der Waals surface area contributed by atoms with Crippen LogP contribution in [0.2, 0.25) is 0 Å². The van der Waals surface area contributed by atoms with Crippen LogP contribution < -0.4 is 4.90 Å². The van der Waals surface area contributed by atoms with E-state index in [1.807, 2.05) is 11.8 Å². The molecule has 0 saturated carbocycles. The van der Waals surface area contributed by atoms with Crippen molar-refractivity contribution in [1.82, 2.24) is 9.78 Å². The van der Waals surface area contributed by atoms with Gasteiger partial charge in [-0.1, -0.05) is 13.8 Å². The second-order valence-corrected chi connectivity index (χ2v) is 5.53. The second-order valence-electron chi connectivity index (χ2n) is 5.53. The number of carbonyl (C=O) groups is 1. The summed E-state index contributed by atoms with van der Waals surface area (Å²) in [4.78, 5) is 23.7. The van der Waals surface area contributed by atoms with Crippen LogP contribution in [-0.2, 0) is 11.3 Å². The van der Waals surface area contributed by atoms with Crippen LogP contribution in [0.4, 0.5) is 11.5 Å². The number of carboxylic acid groups (broad SMARTS) is 1. The first-order chi connectivity index (χ1) is 9.86. The lowest BCUT2D eigenvalue weighted by Gasteiger charge is -2.42. The molecule has 116 valence electrons. The highest BCUT2D eigenvalue weighted by atomic mass is 16.6. The minimum atomic E-state index is -0.826. The van der Waals surface area contributed by atoms with Crippen LogP contribution in [0.25, 0.3) is 0 Å². The number of aryl methyl sites for hydroxylation is 2. The Bertz CT molecular complexity index is 563. The average molecular weight is 296 g/mol. The van der Waals surface area contributed by atoms with Crippen molar-refractivity contribution in [3.05, 3.63) is 15.8 Å². The van der Waals surface area contributed by atoms with Gasteiger partial charge in [-0.2, -0.15) is 5.10 Å². The minimum absolute atomic E-state index is 0.0207. The van der Waals surface area contributed by atoms with Crippen molar-refractivity contribution < 1.29 is 14.8 Å². The van der Waals surface area contributed by atoms with Crippen LogP contribution in [0, 0.1) is 28.9 Å². The molecule has 0 aromatic carbocycles. The highest BCUT2D eigenvalue weighted by Gasteiger charge is 2.40. The Kier molecular flexibility index (Phi) is 4.15. The monoisotopic (exact) mass is 296 g/mol. The zero-order valence-electron chi connectivity index (χ0n) is 12.4. The molecular weight excluding hydrogens is 276 g/mol. The molecule has 1 atom stereocenters. The van der Waals surface area contributed by atoms with Gasteiger partial charge in [-0.05, 0) is 13.3 Å². The molecular formula is C13H20N4O4. The summed E-state index contributed by atoms with van der Waals surface area (Å²) in [6.45, 7) is 6.93. The lowest BCUT2D eigenvalue weighted by molar-refractivity contribution is -0.384. The van der Waals surface area contributed by atoms with E-state index in [4.69, 9.17) is 5.11 Å². The van der Waals surface area contributed by atoms with E-state index in [-0.39, 0.29) is 11.6 Å². The quantitative estimate of drug-likeness (QED) is 0.633. The highest BCUT2D eigenvalue weighted by Crippen LogP contribution is 2.37. The van der Waals surface area contributed by atoms with Gasteiger partial charge in [-0.15, -0.1) is 0 Å². The number of aliphatic carboxylic acids is 1. The summed E-state index contributed by atoms with van der Waals surface area (Å²) >= 11 is 0. The molecule has 0 aliphatic carbocycles. The molecule has 1 unspecified atom stereocenters.